The Morgan fingerprint density at radius 2 is 1.62 bits per heavy atom. The van der Waals surface area contributed by atoms with Gasteiger partial charge in [0.15, 0.2) is 0 Å². The summed E-state index contributed by atoms with van der Waals surface area (Å²) in [5.41, 5.74) is 4.55. The van der Waals surface area contributed by atoms with Crippen molar-refractivity contribution in [3.63, 3.8) is 0 Å². The number of carbonyl (C=O) groups excluding carboxylic acids is 2. The number of carboxylic acid groups (broad SMARTS) is 1. The summed E-state index contributed by atoms with van der Waals surface area (Å²) in [5, 5.41) is 13.6. The van der Waals surface area contributed by atoms with Gasteiger partial charge in [0.1, 0.15) is 6.61 Å². The molecule has 2 aromatic carbocycles. The molecule has 0 aromatic heterocycles. The second-order valence-corrected chi connectivity index (χ2v) is 7.02. The van der Waals surface area contributed by atoms with Crippen LogP contribution in [0.15, 0.2) is 48.5 Å². The molecular formula is C21H20NO4-. The van der Waals surface area contributed by atoms with Crippen LogP contribution in [0.25, 0.3) is 11.1 Å². The Bertz CT molecular complexity index is 798. The first-order valence-corrected chi connectivity index (χ1v) is 8.96. The molecule has 2 aromatic rings. The van der Waals surface area contributed by atoms with Crippen molar-refractivity contribution >= 4 is 12.1 Å². The first kappa shape index (κ1) is 16.6. The van der Waals surface area contributed by atoms with E-state index in [-0.39, 0.29) is 12.5 Å². The lowest BCUT2D eigenvalue weighted by Crippen LogP contribution is -2.48. The summed E-state index contributed by atoms with van der Waals surface area (Å²) in [4.78, 5) is 23.3. The number of carbonyl (C=O) groups is 2. The van der Waals surface area contributed by atoms with Crippen molar-refractivity contribution in [3.05, 3.63) is 59.7 Å². The average molecular weight is 350 g/mol. The topological polar surface area (TPSA) is 78.5 Å². The standard InChI is InChI=1S/C21H21NO4/c23-20(24)19(11-13-9-10-13)22-21(25)26-12-18-16-7-3-1-5-14(16)15-6-2-4-8-17(15)18/h1-8,13,18-19H,9-12H2,(H,22,25)(H,23,24)/p-1/t19-/m1/s1. The van der Waals surface area contributed by atoms with E-state index >= 15 is 0 Å². The van der Waals surface area contributed by atoms with Gasteiger partial charge < -0.3 is 20.0 Å². The number of fused-ring (bicyclic) bond motifs is 3. The molecule has 1 N–H and O–H groups in total. The van der Waals surface area contributed by atoms with Crippen molar-refractivity contribution in [3.8, 4) is 11.1 Å². The predicted octanol–water partition coefficient (Wildman–Crippen LogP) is 2.44. The fourth-order valence-electron chi connectivity index (χ4n) is 3.68. The van der Waals surface area contributed by atoms with Gasteiger partial charge in [-0.25, -0.2) is 4.79 Å². The van der Waals surface area contributed by atoms with E-state index in [1.54, 1.807) is 0 Å². The molecule has 1 atom stereocenters. The molecule has 0 unspecified atom stereocenters. The SMILES string of the molecule is O=C(N[C@H](CC1CC1)C(=O)[O-])OCC1c2ccccc2-c2ccccc21. The molecule has 5 nitrogen and oxygen atoms in total. The number of alkyl carbamates (subject to hydrolysis) is 1. The van der Waals surface area contributed by atoms with Gasteiger partial charge in [0.05, 0.1) is 12.0 Å². The molecule has 26 heavy (non-hydrogen) atoms. The van der Waals surface area contributed by atoms with Gasteiger partial charge in [-0.3, -0.25) is 0 Å². The average Bonchev–Trinajstić information content (AvgIpc) is 3.40. The predicted molar refractivity (Wildman–Crippen MR) is 94.3 cm³/mol. The molecule has 2 aliphatic rings. The van der Waals surface area contributed by atoms with Crippen LogP contribution in [-0.4, -0.2) is 24.7 Å². The van der Waals surface area contributed by atoms with Crippen LogP contribution in [0.5, 0.6) is 0 Å². The van der Waals surface area contributed by atoms with Gasteiger partial charge in [-0.2, -0.15) is 0 Å². The Balaban J connectivity index is 1.44. The zero-order valence-corrected chi connectivity index (χ0v) is 14.3. The highest BCUT2D eigenvalue weighted by molar-refractivity contribution is 5.80. The largest absolute Gasteiger partial charge is 0.548 e. The summed E-state index contributed by atoms with van der Waals surface area (Å²) in [6, 6.07) is 15.2. The quantitative estimate of drug-likeness (QED) is 0.868. The third-order valence-corrected chi connectivity index (χ3v) is 5.19. The summed E-state index contributed by atoms with van der Waals surface area (Å²) in [5.74, 6) is -0.935. The Hall–Kier alpha value is -2.82. The molecule has 0 spiro atoms. The minimum Gasteiger partial charge on any atom is -0.548 e. The summed E-state index contributed by atoms with van der Waals surface area (Å²) in [6.07, 6.45) is 1.72. The number of aliphatic carboxylic acids is 1. The first-order chi connectivity index (χ1) is 12.6. The van der Waals surface area contributed by atoms with Gasteiger partial charge in [0.2, 0.25) is 0 Å². The summed E-state index contributed by atoms with van der Waals surface area (Å²) in [6.45, 7) is 0.170. The molecular weight excluding hydrogens is 330 g/mol. The first-order valence-electron chi connectivity index (χ1n) is 8.96. The van der Waals surface area contributed by atoms with Crippen molar-refractivity contribution in [2.75, 3.05) is 6.61 Å². The zero-order valence-electron chi connectivity index (χ0n) is 14.3. The maximum atomic E-state index is 12.1. The molecule has 5 heteroatoms. The van der Waals surface area contributed by atoms with Crippen LogP contribution >= 0.6 is 0 Å². The maximum Gasteiger partial charge on any atom is 0.407 e. The highest BCUT2D eigenvalue weighted by atomic mass is 16.5. The minimum atomic E-state index is -1.26. The van der Waals surface area contributed by atoms with Crippen LogP contribution in [0.2, 0.25) is 0 Å². The molecule has 1 saturated carbocycles. The summed E-state index contributed by atoms with van der Waals surface area (Å²) >= 11 is 0. The number of rotatable bonds is 6. The van der Waals surface area contributed by atoms with Crippen LogP contribution in [0.4, 0.5) is 4.79 Å². The van der Waals surface area contributed by atoms with E-state index in [1.807, 2.05) is 36.4 Å². The van der Waals surface area contributed by atoms with E-state index in [9.17, 15) is 14.7 Å². The Labute approximate surface area is 152 Å². The highest BCUT2D eigenvalue weighted by Crippen LogP contribution is 2.44. The molecule has 134 valence electrons. The summed E-state index contributed by atoms with van der Waals surface area (Å²) in [7, 11) is 0. The highest BCUT2D eigenvalue weighted by Gasteiger charge is 2.30. The van der Waals surface area contributed by atoms with Gasteiger partial charge >= 0.3 is 6.09 Å². The molecule has 0 bridgehead atoms. The van der Waals surface area contributed by atoms with E-state index < -0.39 is 18.1 Å². The number of benzene rings is 2. The van der Waals surface area contributed by atoms with Crippen molar-refractivity contribution in [2.24, 2.45) is 5.92 Å². The second kappa shape index (κ2) is 6.83. The monoisotopic (exact) mass is 350 g/mol. The third-order valence-electron chi connectivity index (χ3n) is 5.19. The van der Waals surface area contributed by atoms with Crippen molar-refractivity contribution < 1.29 is 19.4 Å². The van der Waals surface area contributed by atoms with E-state index in [4.69, 9.17) is 4.74 Å². The van der Waals surface area contributed by atoms with Crippen LogP contribution in [0, 0.1) is 5.92 Å². The van der Waals surface area contributed by atoms with Gasteiger partial charge in [-0.1, -0.05) is 61.4 Å². The number of hydrogen-bond donors (Lipinski definition) is 1. The minimum absolute atomic E-state index is 0.0435. The summed E-state index contributed by atoms with van der Waals surface area (Å²) < 4.78 is 5.38. The molecule has 1 amide bonds. The van der Waals surface area contributed by atoms with Crippen LogP contribution in [0.1, 0.15) is 36.3 Å². The molecule has 0 radical (unpaired) electrons. The van der Waals surface area contributed by atoms with Gasteiger partial charge in [-0.05, 0) is 34.6 Å². The van der Waals surface area contributed by atoms with E-state index in [0.717, 1.165) is 35.1 Å². The van der Waals surface area contributed by atoms with Crippen molar-refractivity contribution in [1.82, 2.24) is 5.32 Å². The molecule has 1 fully saturated rings. The lowest BCUT2D eigenvalue weighted by atomic mass is 9.98. The van der Waals surface area contributed by atoms with E-state index in [2.05, 4.69) is 17.4 Å². The molecule has 0 aliphatic heterocycles. The number of hydrogen-bond acceptors (Lipinski definition) is 4. The van der Waals surface area contributed by atoms with Crippen molar-refractivity contribution in [1.29, 1.82) is 0 Å². The van der Waals surface area contributed by atoms with Crippen molar-refractivity contribution in [2.45, 2.75) is 31.2 Å². The molecule has 4 rings (SSSR count). The second-order valence-electron chi connectivity index (χ2n) is 7.02. The smallest absolute Gasteiger partial charge is 0.407 e. The number of amides is 1. The molecule has 0 saturated heterocycles. The fourth-order valence-corrected chi connectivity index (χ4v) is 3.68. The normalized spacial score (nSPS) is 16.5. The van der Waals surface area contributed by atoms with Crippen LogP contribution < -0.4 is 10.4 Å². The van der Waals surface area contributed by atoms with E-state index in [0.29, 0.717) is 12.3 Å². The van der Waals surface area contributed by atoms with Crippen LogP contribution in [0.3, 0.4) is 0 Å². The maximum absolute atomic E-state index is 12.1. The van der Waals surface area contributed by atoms with Gasteiger partial charge in [0.25, 0.3) is 0 Å². The Morgan fingerprint density at radius 3 is 2.15 bits per heavy atom. The molecule has 0 heterocycles. The number of nitrogens with one attached hydrogen (secondary N) is 1. The fraction of sp³-hybridized carbons (Fsp3) is 0.333. The van der Waals surface area contributed by atoms with E-state index in [1.165, 1.54) is 0 Å². The van der Waals surface area contributed by atoms with Gasteiger partial charge in [0, 0.05) is 5.92 Å². The Kier molecular flexibility index (Phi) is 4.37. The number of ether oxygens (including phenoxy) is 1. The Morgan fingerprint density at radius 1 is 1.04 bits per heavy atom. The molecule has 2 aliphatic carbocycles. The lowest BCUT2D eigenvalue weighted by Gasteiger charge is -2.20. The van der Waals surface area contributed by atoms with Crippen LogP contribution in [-0.2, 0) is 9.53 Å². The lowest BCUT2D eigenvalue weighted by molar-refractivity contribution is -0.308. The number of carboxylic acids is 1. The zero-order chi connectivity index (χ0) is 18.1. The van der Waals surface area contributed by atoms with Gasteiger partial charge in [-0.15, -0.1) is 0 Å². The third kappa shape index (κ3) is 3.29.